The molecule has 0 saturated carbocycles. The van der Waals surface area contributed by atoms with E-state index in [0.29, 0.717) is 6.61 Å². The van der Waals surface area contributed by atoms with Crippen molar-refractivity contribution < 1.29 is 4.74 Å². The molecule has 0 aromatic carbocycles. The molecule has 116 valence electrons. The van der Waals surface area contributed by atoms with Gasteiger partial charge in [-0.05, 0) is 19.9 Å². The van der Waals surface area contributed by atoms with Gasteiger partial charge in [0, 0.05) is 31.6 Å². The third-order valence-corrected chi connectivity index (χ3v) is 4.83. The number of nitrogens with zero attached hydrogens (tertiary/aromatic N) is 2. The first-order valence-electron chi connectivity index (χ1n) is 7.57. The predicted molar refractivity (Wildman–Crippen MR) is 87.5 cm³/mol. The molecule has 1 heterocycles. The lowest BCUT2D eigenvalue weighted by Crippen LogP contribution is -2.28. The number of rotatable bonds is 10. The summed E-state index contributed by atoms with van der Waals surface area (Å²) in [4.78, 5) is 8.48. The Morgan fingerprint density at radius 1 is 1.30 bits per heavy atom. The van der Waals surface area contributed by atoms with Crippen LogP contribution in [-0.2, 0) is 17.9 Å². The summed E-state index contributed by atoms with van der Waals surface area (Å²) in [7, 11) is 3.70. The molecule has 0 unspecified atom stereocenters. The number of anilines is 1. The maximum absolute atomic E-state index is 5.26. The Morgan fingerprint density at radius 2 is 2.00 bits per heavy atom. The third-order valence-electron chi connectivity index (χ3n) is 3.67. The van der Waals surface area contributed by atoms with Crippen LogP contribution in [0.15, 0.2) is 0 Å². The molecule has 0 aliphatic heterocycles. The van der Waals surface area contributed by atoms with Crippen LogP contribution in [0.3, 0.4) is 0 Å². The molecule has 0 aliphatic carbocycles. The van der Waals surface area contributed by atoms with Crippen LogP contribution in [0.2, 0.25) is 0 Å². The second-order valence-electron chi connectivity index (χ2n) is 5.05. The summed E-state index contributed by atoms with van der Waals surface area (Å²) in [5.41, 5.74) is 1.07. The van der Waals surface area contributed by atoms with Gasteiger partial charge in [0.1, 0.15) is 0 Å². The number of nitrogens with one attached hydrogen (secondary N) is 1. The van der Waals surface area contributed by atoms with Crippen LogP contribution in [0.1, 0.15) is 44.2 Å². The van der Waals surface area contributed by atoms with E-state index in [2.05, 4.69) is 31.0 Å². The lowest BCUT2D eigenvalue weighted by Gasteiger charge is -2.24. The molecule has 0 aliphatic rings. The molecule has 0 spiro atoms. The van der Waals surface area contributed by atoms with Gasteiger partial charge in [0.15, 0.2) is 5.13 Å². The number of hydrogen-bond donors (Lipinski definition) is 1. The van der Waals surface area contributed by atoms with E-state index in [4.69, 9.17) is 9.72 Å². The number of aromatic nitrogens is 1. The molecule has 0 fully saturated rings. The van der Waals surface area contributed by atoms with Crippen molar-refractivity contribution in [3.8, 4) is 0 Å². The minimum atomic E-state index is 0.593. The van der Waals surface area contributed by atoms with Crippen LogP contribution in [0.25, 0.3) is 0 Å². The molecule has 1 aromatic heterocycles. The Morgan fingerprint density at radius 3 is 2.50 bits per heavy atom. The van der Waals surface area contributed by atoms with Crippen LogP contribution in [0.5, 0.6) is 0 Å². The molecule has 1 aromatic rings. The fourth-order valence-electron chi connectivity index (χ4n) is 2.25. The minimum Gasteiger partial charge on any atom is -0.378 e. The standard InChI is InChI=1S/C15H29N3OS/c1-6-12(7-2)10-18(8-3)15-17-13(11-19-5)14(20-15)9-16-4/h12,16H,6-11H2,1-5H3. The third kappa shape index (κ3) is 4.72. The first-order valence-corrected chi connectivity index (χ1v) is 8.38. The van der Waals surface area contributed by atoms with Crippen LogP contribution in [0, 0.1) is 5.92 Å². The molecule has 1 rings (SSSR count). The van der Waals surface area contributed by atoms with E-state index in [0.717, 1.165) is 36.4 Å². The molecular weight excluding hydrogens is 270 g/mol. The average molecular weight is 299 g/mol. The molecule has 0 radical (unpaired) electrons. The highest BCUT2D eigenvalue weighted by Gasteiger charge is 2.17. The molecule has 1 N–H and O–H groups in total. The van der Waals surface area contributed by atoms with Gasteiger partial charge in [0.2, 0.25) is 0 Å². The summed E-state index contributed by atoms with van der Waals surface area (Å²) < 4.78 is 5.26. The van der Waals surface area contributed by atoms with Crippen molar-refractivity contribution in [2.75, 3.05) is 32.1 Å². The number of methoxy groups -OCH3 is 1. The maximum Gasteiger partial charge on any atom is 0.185 e. The van der Waals surface area contributed by atoms with Crippen molar-refractivity contribution in [1.82, 2.24) is 10.3 Å². The van der Waals surface area contributed by atoms with Gasteiger partial charge in [-0.1, -0.05) is 26.7 Å². The van der Waals surface area contributed by atoms with Gasteiger partial charge < -0.3 is 15.0 Å². The zero-order chi connectivity index (χ0) is 15.0. The summed E-state index contributed by atoms with van der Waals surface area (Å²) in [5.74, 6) is 0.748. The van der Waals surface area contributed by atoms with Crippen LogP contribution in [0.4, 0.5) is 5.13 Å². The van der Waals surface area contributed by atoms with Crippen LogP contribution in [-0.4, -0.2) is 32.2 Å². The zero-order valence-electron chi connectivity index (χ0n) is 13.5. The van der Waals surface area contributed by atoms with Crippen molar-refractivity contribution in [3.63, 3.8) is 0 Å². The summed E-state index contributed by atoms with van der Waals surface area (Å²) in [5, 5.41) is 4.35. The molecule has 0 bridgehead atoms. The van der Waals surface area contributed by atoms with E-state index in [-0.39, 0.29) is 0 Å². The number of thiazole rings is 1. The van der Waals surface area contributed by atoms with Gasteiger partial charge >= 0.3 is 0 Å². The second kappa shape index (κ2) is 9.32. The summed E-state index contributed by atoms with van der Waals surface area (Å²) in [6.07, 6.45) is 2.46. The molecule has 20 heavy (non-hydrogen) atoms. The summed E-state index contributed by atoms with van der Waals surface area (Å²) in [6.45, 7) is 10.3. The maximum atomic E-state index is 5.26. The van der Waals surface area contributed by atoms with Crippen molar-refractivity contribution in [1.29, 1.82) is 0 Å². The van der Waals surface area contributed by atoms with Crippen molar-refractivity contribution in [3.05, 3.63) is 10.6 Å². The lowest BCUT2D eigenvalue weighted by molar-refractivity contribution is 0.181. The van der Waals surface area contributed by atoms with E-state index < -0.39 is 0 Å². The SMILES string of the molecule is CCC(CC)CN(CC)c1nc(COC)c(CNC)s1. The van der Waals surface area contributed by atoms with Crippen molar-refractivity contribution in [2.45, 2.75) is 46.8 Å². The molecule has 0 amide bonds. The summed E-state index contributed by atoms with van der Waals surface area (Å²) >= 11 is 1.79. The largest absolute Gasteiger partial charge is 0.378 e. The Hall–Kier alpha value is -0.650. The summed E-state index contributed by atoms with van der Waals surface area (Å²) in [6, 6.07) is 0. The van der Waals surface area contributed by atoms with Gasteiger partial charge in [-0.2, -0.15) is 0 Å². The smallest absolute Gasteiger partial charge is 0.185 e. The average Bonchev–Trinajstić information content (AvgIpc) is 2.84. The van der Waals surface area contributed by atoms with Crippen LogP contribution >= 0.6 is 11.3 Å². The Balaban J connectivity index is 2.88. The second-order valence-corrected chi connectivity index (χ2v) is 6.11. The van der Waals surface area contributed by atoms with E-state index in [1.54, 1.807) is 18.4 Å². The highest BCUT2D eigenvalue weighted by Crippen LogP contribution is 2.28. The van der Waals surface area contributed by atoms with Crippen molar-refractivity contribution >= 4 is 16.5 Å². The fraction of sp³-hybridized carbons (Fsp3) is 0.800. The van der Waals surface area contributed by atoms with Gasteiger partial charge in [-0.3, -0.25) is 0 Å². The number of ether oxygens (including phenoxy) is 1. The Kier molecular flexibility index (Phi) is 8.11. The van der Waals surface area contributed by atoms with Gasteiger partial charge in [-0.25, -0.2) is 4.98 Å². The topological polar surface area (TPSA) is 37.4 Å². The number of hydrogen-bond acceptors (Lipinski definition) is 5. The van der Waals surface area contributed by atoms with E-state index in [1.165, 1.54) is 17.7 Å². The van der Waals surface area contributed by atoms with Gasteiger partial charge in [0.05, 0.1) is 12.3 Å². The highest BCUT2D eigenvalue weighted by molar-refractivity contribution is 7.15. The first-order chi connectivity index (χ1) is 9.69. The van der Waals surface area contributed by atoms with E-state index >= 15 is 0 Å². The van der Waals surface area contributed by atoms with Crippen molar-refractivity contribution in [2.24, 2.45) is 5.92 Å². The molecule has 0 saturated heterocycles. The quantitative estimate of drug-likeness (QED) is 0.719. The molecular formula is C15H29N3OS. The minimum absolute atomic E-state index is 0.593. The predicted octanol–water partition coefficient (Wildman–Crippen LogP) is 3.27. The fourth-order valence-corrected chi connectivity index (χ4v) is 3.40. The molecule has 5 heteroatoms. The van der Waals surface area contributed by atoms with Crippen LogP contribution < -0.4 is 10.2 Å². The zero-order valence-corrected chi connectivity index (χ0v) is 14.3. The lowest BCUT2D eigenvalue weighted by atomic mass is 10.0. The van der Waals surface area contributed by atoms with Gasteiger partial charge in [-0.15, -0.1) is 11.3 Å². The Labute approximate surface area is 127 Å². The van der Waals surface area contributed by atoms with Gasteiger partial charge in [0.25, 0.3) is 0 Å². The highest BCUT2D eigenvalue weighted by atomic mass is 32.1. The monoisotopic (exact) mass is 299 g/mol. The van der Waals surface area contributed by atoms with E-state index in [9.17, 15) is 0 Å². The molecule has 4 nitrogen and oxygen atoms in total. The Bertz CT molecular complexity index is 354. The molecule has 0 atom stereocenters. The normalized spacial score (nSPS) is 11.3. The first kappa shape index (κ1) is 17.4. The van der Waals surface area contributed by atoms with E-state index in [1.807, 2.05) is 7.05 Å².